The lowest BCUT2D eigenvalue weighted by Gasteiger charge is -2.08. The largest absolute Gasteiger partial charge is 0.506 e. The third-order valence-corrected chi connectivity index (χ3v) is 2.45. The molecule has 0 aliphatic rings. The van der Waals surface area contributed by atoms with Gasteiger partial charge in [-0.05, 0) is 24.1 Å². The zero-order chi connectivity index (χ0) is 13.5. The molecule has 0 aromatic heterocycles. The van der Waals surface area contributed by atoms with E-state index in [4.69, 9.17) is 5.11 Å². The maximum absolute atomic E-state index is 11.5. The summed E-state index contributed by atoms with van der Waals surface area (Å²) in [5, 5.41) is 20.8. The van der Waals surface area contributed by atoms with Crippen molar-refractivity contribution >= 4 is 17.6 Å². The Morgan fingerprint density at radius 1 is 1.33 bits per heavy atom. The molecule has 0 bridgehead atoms. The van der Waals surface area contributed by atoms with Gasteiger partial charge in [-0.3, -0.25) is 9.59 Å². The van der Waals surface area contributed by atoms with Gasteiger partial charge in [-0.1, -0.05) is 19.4 Å². The maximum atomic E-state index is 11.5. The molecule has 0 unspecified atom stereocenters. The van der Waals surface area contributed by atoms with Crippen LogP contribution >= 0.6 is 0 Å². The molecular formula is C13H17NO4. The topological polar surface area (TPSA) is 86.6 Å². The first-order chi connectivity index (χ1) is 8.52. The lowest BCUT2D eigenvalue weighted by Crippen LogP contribution is -2.11. The first kappa shape index (κ1) is 14.0. The Morgan fingerprint density at radius 3 is 2.67 bits per heavy atom. The summed E-state index contributed by atoms with van der Waals surface area (Å²) < 4.78 is 0. The Labute approximate surface area is 105 Å². The van der Waals surface area contributed by atoms with E-state index in [9.17, 15) is 14.7 Å². The van der Waals surface area contributed by atoms with Crippen LogP contribution in [-0.2, 0) is 16.0 Å². The molecule has 0 saturated carbocycles. The number of carboxylic acid groups (broad SMARTS) is 1. The van der Waals surface area contributed by atoms with Crippen molar-refractivity contribution in [2.75, 3.05) is 5.32 Å². The van der Waals surface area contributed by atoms with Crippen LogP contribution in [0.3, 0.4) is 0 Å². The van der Waals surface area contributed by atoms with E-state index in [0.29, 0.717) is 12.0 Å². The number of phenols is 1. The van der Waals surface area contributed by atoms with Crippen LogP contribution in [-0.4, -0.2) is 22.1 Å². The third-order valence-electron chi connectivity index (χ3n) is 2.45. The molecule has 1 rings (SSSR count). The number of carbonyl (C=O) groups excluding carboxylic acids is 1. The molecule has 0 saturated heterocycles. The molecule has 5 nitrogen and oxygen atoms in total. The summed E-state index contributed by atoms with van der Waals surface area (Å²) in [6.45, 7) is 1.98. The third kappa shape index (κ3) is 4.45. The highest BCUT2D eigenvalue weighted by molar-refractivity contribution is 5.92. The maximum Gasteiger partial charge on any atom is 0.307 e. The summed E-state index contributed by atoms with van der Waals surface area (Å²) >= 11 is 0. The fourth-order valence-corrected chi connectivity index (χ4v) is 1.52. The molecule has 0 atom stereocenters. The van der Waals surface area contributed by atoms with E-state index in [1.54, 1.807) is 0 Å². The van der Waals surface area contributed by atoms with Crippen LogP contribution in [0.15, 0.2) is 18.2 Å². The molecule has 0 radical (unpaired) electrons. The minimum Gasteiger partial charge on any atom is -0.506 e. The second kappa shape index (κ2) is 6.64. The number of amides is 1. The Kier molecular flexibility index (Phi) is 5.17. The van der Waals surface area contributed by atoms with Crippen molar-refractivity contribution in [3.8, 4) is 5.75 Å². The van der Waals surface area contributed by atoms with Crippen LogP contribution < -0.4 is 5.32 Å². The zero-order valence-electron chi connectivity index (χ0n) is 10.3. The van der Waals surface area contributed by atoms with E-state index in [1.807, 2.05) is 6.92 Å². The number of anilines is 1. The molecule has 5 heteroatoms. The summed E-state index contributed by atoms with van der Waals surface area (Å²) in [4.78, 5) is 22.1. The number of nitrogens with one attached hydrogen (secondary N) is 1. The highest BCUT2D eigenvalue weighted by Gasteiger charge is 2.08. The van der Waals surface area contributed by atoms with Gasteiger partial charge in [0.2, 0.25) is 5.91 Å². The quantitative estimate of drug-likeness (QED) is 0.676. The van der Waals surface area contributed by atoms with E-state index in [-0.39, 0.29) is 23.8 Å². The minimum absolute atomic E-state index is 0.0611. The monoisotopic (exact) mass is 251 g/mol. The van der Waals surface area contributed by atoms with Crippen LogP contribution in [0.5, 0.6) is 5.75 Å². The van der Waals surface area contributed by atoms with Gasteiger partial charge in [0.25, 0.3) is 0 Å². The first-order valence-corrected chi connectivity index (χ1v) is 5.86. The van der Waals surface area contributed by atoms with Crippen LogP contribution in [0.25, 0.3) is 0 Å². The summed E-state index contributed by atoms with van der Waals surface area (Å²) in [6.07, 6.45) is 1.94. The van der Waals surface area contributed by atoms with Gasteiger partial charge in [0.15, 0.2) is 0 Å². The SMILES string of the molecule is CCCCC(=O)Nc1cc(CC(=O)O)ccc1O. The van der Waals surface area contributed by atoms with Gasteiger partial charge in [-0.15, -0.1) is 0 Å². The molecule has 18 heavy (non-hydrogen) atoms. The molecule has 0 spiro atoms. The normalized spacial score (nSPS) is 10.1. The molecule has 1 amide bonds. The number of unbranched alkanes of at least 4 members (excludes halogenated alkanes) is 1. The Bertz CT molecular complexity index is 443. The van der Waals surface area contributed by atoms with Gasteiger partial charge in [-0.2, -0.15) is 0 Å². The number of hydrogen-bond acceptors (Lipinski definition) is 3. The van der Waals surface area contributed by atoms with Crippen molar-refractivity contribution in [3.63, 3.8) is 0 Å². The van der Waals surface area contributed by atoms with Gasteiger partial charge in [0.05, 0.1) is 12.1 Å². The van der Waals surface area contributed by atoms with Crippen molar-refractivity contribution in [3.05, 3.63) is 23.8 Å². The number of aromatic hydroxyl groups is 1. The molecule has 0 heterocycles. The summed E-state index contributed by atoms with van der Waals surface area (Å²) in [7, 11) is 0. The van der Waals surface area contributed by atoms with Gasteiger partial charge in [0.1, 0.15) is 5.75 Å². The van der Waals surface area contributed by atoms with Crippen LogP contribution in [0.2, 0.25) is 0 Å². The smallest absolute Gasteiger partial charge is 0.307 e. The number of aliphatic carboxylic acids is 1. The highest BCUT2D eigenvalue weighted by atomic mass is 16.4. The molecular weight excluding hydrogens is 234 g/mol. The lowest BCUT2D eigenvalue weighted by molar-refractivity contribution is -0.136. The average molecular weight is 251 g/mol. The van der Waals surface area contributed by atoms with Crippen molar-refractivity contribution in [2.24, 2.45) is 0 Å². The first-order valence-electron chi connectivity index (χ1n) is 5.86. The molecule has 0 fully saturated rings. The van der Waals surface area contributed by atoms with E-state index < -0.39 is 5.97 Å². The van der Waals surface area contributed by atoms with Crippen molar-refractivity contribution in [1.29, 1.82) is 0 Å². The highest BCUT2D eigenvalue weighted by Crippen LogP contribution is 2.24. The summed E-state index contributed by atoms with van der Waals surface area (Å²) in [5.41, 5.74) is 0.793. The van der Waals surface area contributed by atoms with Crippen molar-refractivity contribution in [2.45, 2.75) is 32.6 Å². The molecule has 0 aliphatic carbocycles. The second-order valence-corrected chi connectivity index (χ2v) is 4.07. The van der Waals surface area contributed by atoms with Gasteiger partial charge < -0.3 is 15.5 Å². The minimum atomic E-state index is -0.955. The Balaban J connectivity index is 2.74. The molecule has 0 aliphatic heterocycles. The zero-order valence-corrected chi connectivity index (χ0v) is 10.3. The predicted molar refractivity (Wildman–Crippen MR) is 67.6 cm³/mol. The number of hydrogen-bond donors (Lipinski definition) is 3. The summed E-state index contributed by atoms with van der Waals surface area (Å²) in [6, 6.07) is 4.38. The Hall–Kier alpha value is -2.04. The van der Waals surface area contributed by atoms with Crippen molar-refractivity contribution in [1.82, 2.24) is 0 Å². The van der Waals surface area contributed by atoms with Gasteiger partial charge in [-0.25, -0.2) is 0 Å². The van der Waals surface area contributed by atoms with Crippen molar-refractivity contribution < 1.29 is 19.8 Å². The molecule has 1 aromatic rings. The number of benzene rings is 1. The number of carbonyl (C=O) groups is 2. The summed E-state index contributed by atoms with van der Waals surface area (Å²) in [5.74, 6) is -1.20. The number of rotatable bonds is 6. The predicted octanol–water partition coefficient (Wildman–Crippen LogP) is 2.15. The molecule has 98 valence electrons. The number of phenolic OH excluding ortho intramolecular Hbond substituents is 1. The van der Waals surface area contributed by atoms with Gasteiger partial charge >= 0.3 is 5.97 Å². The number of carboxylic acids is 1. The molecule has 1 aromatic carbocycles. The van der Waals surface area contributed by atoms with Crippen LogP contribution in [0.1, 0.15) is 31.7 Å². The molecule has 3 N–H and O–H groups in total. The van der Waals surface area contributed by atoms with Crippen LogP contribution in [0, 0.1) is 0 Å². The lowest BCUT2D eigenvalue weighted by atomic mass is 10.1. The van der Waals surface area contributed by atoms with E-state index >= 15 is 0 Å². The fraction of sp³-hybridized carbons (Fsp3) is 0.385. The second-order valence-electron chi connectivity index (χ2n) is 4.07. The van der Waals surface area contributed by atoms with Gasteiger partial charge in [0, 0.05) is 6.42 Å². The van der Waals surface area contributed by atoms with E-state index in [1.165, 1.54) is 18.2 Å². The van der Waals surface area contributed by atoms with Crippen LogP contribution in [0.4, 0.5) is 5.69 Å². The Morgan fingerprint density at radius 2 is 2.06 bits per heavy atom. The van der Waals surface area contributed by atoms with E-state index in [0.717, 1.165) is 12.8 Å². The average Bonchev–Trinajstić information content (AvgIpc) is 2.30. The van der Waals surface area contributed by atoms with E-state index in [2.05, 4.69) is 5.32 Å². The standard InChI is InChI=1S/C13H17NO4/c1-2-3-4-12(16)14-10-7-9(8-13(17)18)5-6-11(10)15/h5-7,15H,2-4,8H2,1H3,(H,14,16)(H,17,18). The fourth-order valence-electron chi connectivity index (χ4n) is 1.52.